The maximum atomic E-state index is 14.6. The van der Waals surface area contributed by atoms with E-state index in [1.165, 1.54) is 48.5 Å². The van der Waals surface area contributed by atoms with Crippen LogP contribution in [0.15, 0.2) is 71.8 Å². The molecule has 0 saturated heterocycles. The number of allylic oxidation sites excluding steroid dienone is 1. The van der Waals surface area contributed by atoms with Crippen LogP contribution in [0.25, 0.3) is 0 Å². The van der Waals surface area contributed by atoms with Crippen molar-refractivity contribution >= 4 is 29.4 Å². The highest BCUT2D eigenvalue weighted by Gasteiger charge is 2.56. The molecular formula is C15H10ClF4OP. The molecule has 2 rings (SSSR count). The molecule has 0 atom stereocenters. The Morgan fingerprint density at radius 3 is 1.55 bits per heavy atom. The summed E-state index contributed by atoms with van der Waals surface area (Å²) in [5.41, 5.74) is -4.41. The van der Waals surface area contributed by atoms with Crippen molar-refractivity contribution in [1.29, 1.82) is 0 Å². The summed E-state index contributed by atoms with van der Waals surface area (Å²) >= 11 is 5.10. The quantitative estimate of drug-likeness (QED) is 0.565. The molecule has 2 aromatic carbocycles. The highest BCUT2D eigenvalue weighted by molar-refractivity contribution is 7.80. The Labute approximate surface area is 129 Å². The summed E-state index contributed by atoms with van der Waals surface area (Å²) in [6, 6.07) is 13.6. The molecule has 0 aliphatic heterocycles. The van der Waals surface area contributed by atoms with Gasteiger partial charge in [-0.05, 0) is 0 Å². The van der Waals surface area contributed by atoms with Crippen molar-refractivity contribution in [3.05, 3.63) is 71.8 Å². The molecule has 0 spiro atoms. The SMILES string of the molecule is O=P(c1ccccc1)(c1ccccc1)C(F)(F)C(Cl)=C(F)F. The lowest BCUT2D eigenvalue weighted by Crippen LogP contribution is -2.31. The minimum absolute atomic E-state index is 0.245. The lowest BCUT2D eigenvalue weighted by molar-refractivity contribution is 0.136. The van der Waals surface area contributed by atoms with E-state index in [-0.39, 0.29) is 10.6 Å². The van der Waals surface area contributed by atoms with Crippen LogP contribution in [0.1, 0.15) is 0 Å². The van der Waals surface area contributed by atoms with E-state index >= 15 is 0 Å². The van der Waals surface area contributed by atoms with Gasteiger partial charge in [-0.1, -0.05) is 72.3 Å². The maximum Gasteiger partial charge on any atom is 0.346 e. The van der Waals surface area contributed by atoms with Crippen molar-refractivity contribution < 1.29 is 22.1 Å². The van der Waals surface area contributed by atoms with Gasteiger partial charge in [0.25, 0.3) is 6.08 Å². The Morgan fingerprint density at radius 2 is 1.23 bits per heavy atom. The Morgan fingerprint density at radius 1 is 0.864 bits per heavy atom. The molecule has 116 valence electrons. The summed E-state index contributed by atoms with van der Waals surface area (Å²) in [6.45, 7) is 0. The van der Waals surface area contributed by atoms with E-state index in [1.807, 2.05) is 0 Å². The van der Waals surface area contributed by atoms with E-state index in [1.54, 1.807) is 12.1 Å². The third-order valence-corrected chi connectivity index (χ3v) is 6.64. The molecular weight excluding hydrogens is 339 g/mol. The number of alkyl halides is 2. The zero-order valence-electron chi connectivity index (χ0n) is 11.0. The van der Waals surface area contributed by atoms with Crippen molar-refractivity contribution in [3.63, 3.8) is 0 Å². The predicted octanol–water partition coefficient (Wildman–Crippen LogP) is 4.94. The minimum Gasteiger partial charge on any atom is -0.307 e. The van der Waals surface area contributed by atoms with E-state index in [0.29, 0.717) is 0 Å². The molecule has 2 aromatic rings. The van der Waals surface area contributed by atoms with Crippen molar-refractivity contribution in [2.75, 3.05) is 0 Å². The third kappa shape index (κ3) is 2.71. The average molecular weight is 349 g/mol. The summed E-state index contributed by atoms with van der Waals surface area (Å²) in [7, 11) is -4.74. The Balaban J connectivity index is 2.79. The van der Waals surface area contributed by atoms with Crippen molar-refractivity contribution in [2.24, 2.45) is 0 Å². The lowest BCUT2D eigenvalue weighted by Gasteiger charge is -2.27. The normalized spacial score (nSPS) is 12.0. The van der Waals surface area contributed by atoms with Crippen LogP contribution in [0.4, 0.5) is 17.6 Å². The topological polar surface area (TPSA) is 17.1 Å². The fraction of sp³-hybridized carbons (Fsp3) is 0.0667. The second-order valence-corrected chi connectivity index (χ2v) is 7.59. The van der Waals surface area contributed by atoms with Crippen molar-refractivity contribution in [3.8, 4) is 0 Å². The van der Waals surface area contributed by atoms with Crippen molar-refractivity contribution in [2.45, 2.75) is 5.66 Å². The molecule has 0 amide bonds. The van der Waals surface area contributed by atoms with Gasteiger partial charge in [0, 0.05) is 10.6 Å². The molecule has 0 N–H and O–H groups in total. The average Bonchev–Trinajstić information content (AvgIpc) is 2.54. The molecule has 7 heteroatoms. The first-order valence-electron chi connectivity index (χ1n) is 6.12. The molecule has 0 saturated carbocycles. The number of halogens is 5. The first-order chi connectivity index (χ1) is 10.3. The summed E-state index contributed by atoms with van der Waals surface area (Å²) in [5, 5.41) is -2.49. The van der Waals surface area contributed by atoms with Gasteiger partial charge < -0.3 is 4.57 Å². The van der Waals surface area contributed by atoms with E-state index in [2.05, 4.69) is 0 Å². The lowest BCUT2D eigenvalue weighted by atomic mass is 10.4. The highest BCUT2D eigenvalue weighted by Crippen LogP contribution is 2.62. The van der Waals surface area contributed by atoms with Crippen LogP contribution in [-0.4, -0.2) is 5.66 Å². The van der Waals surface area contributed by atoms with Crippen LogP contribution in [0, 0.1) is 0 Å². The van der Waals surface area contributed by atoms with Crippen LogP contribution >= 0.6 is 18.7 Å². The summed E-state index contributed by atoms with van der Waals surface area (Å²) in [5.74, 6) is 0. The Kier molecular flexibility index (Phi) is 4.78. The van der Waals surface area contributed by atoms with Crippen LogP contribution in [0.5, 0.6) is 0 Å². The van der Waals surface area contributed by atoms with Gasteiger partial charge in [0.15, 0.2) is 5.03 Å². The molecule has 22 heavy (non-hydrogen) atoms. The predicted molar refractivity (Wildman–Crippen MR) is 79.8 cm³/mol. The number of hydrogen-bond donors (Lipinski definition) is 0. The van der Waals surface area contributed by atoms with Gasteiger partial charge in [-0.15, -0.1) is 0 Å². The summed E-state index contributed by atoms with van der Waals surface area (Å²) in [4.78, 5) is 0. The van der Waals surface area contributed by atoms with Gasteiger partial charge in [-0.2, -0.15) is 17.6 Å². The van der Waals surface area contributed by atoms with Crippen LogP contribution < -0.4 is 10.6 Å². The van der Waals surface area contributed by atoms with Gasteiger partial charge >= 0.3 is 5.66 Å². The van der Waals surface area contributed by atoms with Gasteiger partial charge in [-0.3, -0.25) is 0 Å². The Bertz CT molecular complexity index is 684. The highest BCUT2D eigenvalue weighted by atomic mass is 35.5. The van der Waals surface area contributed by atoms with E-state index in [4.69, 9.17) is 11.6 Å². The molecule has 0 aliphatic rings. The fourth-order valence-corrected chi connectivity index (χ4v) is 4.85. The van der Waals surface area contributed by atoms with Crippen LogP contribution in [-0.2, 0) is 4.57 Å². The van der Waals surface area contributed by atoms with E-state index < -0.39 is 23.9 Å². The van der Waals surface area contributed by atoms with Gasteiger partial charge in [0.2, 0.25) is 7.14 Å². The van der Waals surface area contributed by atoms with Gasteiger partial charge in [0.1, 0.15) is 0 Å². The third-order valence-electron chi connectivity index (χ3n) is 3.07. The second-order valence-electron chi connectivity index (χ2n) is 4.40. The molecule has 1 nitrogen and oxygen atoms in total. The van der Waals surface area contributed by atoms with Crippen LogP contribution in [0.2, 0.25) is 0 Å². The molecule has 0 aromatic heterocycles. The van der Waals surface area contributed by atoms with Crippen LogP contribution in [0.3, 0.4) is 0 Å². The summed E-state index contributed by atoms with van der Waals surface area (Å²) < 4.78 is 67.6. The number of rotatable bonds is 4. The Hall–Kier alpha value is -1.58. The molecule has 0 bridgehead atoms. The monoisotopic (exact) mass is 348 g/mol. The first kappa shape index (κ1) is 16.8. The molecule has 0 unspecified atom stereocenters. The van der Waals surface area contributed by atoms with E-state index in [9.17, 15) is 22.1 Å². The smallest absolute Gasteiger partial charge is 0.307 e. The molecule has 0 aliphatic carbocycles. The van der Waals surface area contributed by atoms with Gasteiger partial charge in [0.05, 0.1) is 0 Å². The van der Waals surface area contributed by atoms with Crippen molar-refractivity contribution in [1.82, 2.24) is 0 Å². The first-order valence-corrected chi connectivity index (χ1v) is 8.20. The largest absolute Gasteiger partial charge is 0.346 e. The molecule has 0 fully saturated rings. The summed E-state index contributed by atoms with van der Waals surface area (Å²) in [6.07, 6.45) is -2.75. The molecule has 0 heterocycles. The number of hydrogen-bond acceptors (Lipinski definition) is 1. The molecule has 0 radical (unpaired) electrons. The van der Waals surface area contributed by atoms with Gasteiger partial charge in [-0.25, -0.2) is 0 Å². The maximum absolute atomic E-state index is 14.6. The number of benzene rings is 2. The zero-order valence-corrected chi connectivity index (χ0v) is 12.7. The van der Waals surface area contributed by atoms with E-state index in [0.717, 1.165) is 0 Å². The minimum atomic E-state index is -4.74. The fourth-order valence-electron chi connectivity index (χ4n) is 2.00. The second kappa shape index (κ2) is 6.27. The standard InChI is InChI=1S/C15H10ClF4OP/c16-13(14(17)18)15(19,20)22(21,11-7-3-1-4-8-11)12-9-5-2-6-10-12/h1-10H. The zero-order chi connectivity index (χ0) is 16.4.